The molecule has 1 aromatic carbocycles. The molecule has 0 saturated carbocycles. The molecule has 1 aromatic rings. The monoisotopic (exact) mass is 218 g/mol. The van der Waals surface area contributed by atoms with Crippen LogP contribution in [0.25, 0.3) is 0 Å². The first kappa shape index (κ1) is 11.0. The van der Waals surface area contributed by atoms with Crippen molar-refractivity contribution in [1.82, 2.24) is 4.90 Å². The molecule has 0 spiro atoms. The Kier molecular flexibility index (Phi) is 3.13. The average Bonchev–Trinajstić information content (AvgIpc) is 2.33. The molecule has 0 bridgehead atoms. The molecule has 1 heterocycles. The molecule has 0 aliphatic carbocycles. The molecule has 16 heavy (non-hydrogen) atoms. The zero-order valence-corrected chi connectivity index (χ0v) is 9.94. The summed E-state index contributed by atoms with van der Waals surface area (Å²) in [4.78, 5) is 14.8. The van der Waals surface area contributed by atoms with E-state index in [0.717, 1.165) is 32.6 Å². The third-order valence-electron chi connectivity index (χ3n) is 3.32. The SMILES string of the molecule is Cc1ccc(N2CCN(C=O)CC2)cc1C. The van der Waals surface area contributed by atoms with Gasteiger partial charge in [0.2, 0.25) is 6.41 Å². The van der Waals surface area contributed by atoms with Crippen molar-refractivity contribution in [3.63, 3.8) is 0 Å². The average molecular weight is 218 g/mol. The van der Waals surface area contributed by atoms with Crippen molar-refractivity contribution >= 4 is 12.1 Å². The summed E-state index contributed by atoms with van der Waals surface area (Å²) in [6.45, 7) is 7.79. The highest BCUT2D eigenvalue weighted by Gasteiger charge is 2.15. The van der Waals surface area contributed by atoms with Crippen LogP contribution in [0.4, 0.5) is 5.69 Å². The molecule has 3 nitrogen and oxygen atoms in total. The van der Waals surface area contributed by atoms with Crippen molar-refractivity contribution < 1.29 is 4.79 Å². The van der Waals surface area contributed by atoms with Crippen LogP contribution in [0.2, 0.25) is 0 Å². The van der Waals surface area contributed by atoms with Gasteiger partial charge in [-0.05, 0) is 37.1 Å². The number of benzene rings is 1. The molecule has 0 unspecified atom stereocenters. The molecule has 1 amide bonds. The zero-order chi connectivity index (χ0) is 11.5. The van der Waals surface area contributed by atoms with Gasteiger partial charge in [0, 0.05) is 31.9 Å². The van der Waals surface area contributed by atoms with Crippen LogP contribution in [0.15, 0.2) is 18.2 Å². The lowest BCUT2D eigenvalue weighted by Crippen LogP contribution is -2.45. The van der Waals surface area contributed by atoms with Gasteiger partial charge in [0.1, 0.15) is 0 Å². The number of carbonyl (C=O) groups excluding carboxylic acids is 1. The summed E-state index contributed by atoms with van der Waals surface area (Å²) >= 11 is 0. The van der Waals surface area contributed by atoms with Gasteiger partial charge in [0.15, 0.2) is 0 Å². The number of hydrogen-bond donors (Lipinski definition) is 0. The lowest BCUT2D eigenvalue weighted by molar-refractivity contribution is -0.118. The van der Waals surface area contributed by atoms with E-state index in [4.69, 9.17) is 0 Å². The Hall–Kier alpha value is -1.51. The smallest absolute Gasteiger partial charge is 0.209 e. The lowest BCUT2D eigenvalue weighted by atomic mass is 10.1. The Morgan fingerprint density at radius 2 is 1.75 bits per heavy atom. The largest absolute Gasteiger partial charge is 0.368 e. The Morgan fingerprint density at radius 3 is 2.31 bits per heavy atom. The first-order chi connectivity index (χ1) is 7.70. The molecule has 0 aromatic heterocycles. The Labute approximate surface area is 96.7 Å². The second-order valence-corrected chi connectivity index (χ2v) is 4.40. The highest BCUT2D eigenvalue weighted by atomic mass is 16.1. The molecule has 86 valence electrons. The van der Waals surface area contributed by atoms with Crippen molar-refractivity contribution in [2.45, 2.75) is 13.8 Å². The van der Waals surface area contributed by atoms with Crippen LogP contribution in [0, 0.1) is 13.8 Å². The summed E-state index contributed by atoms with van der Waals surface area (Å²) in [7, 11) is 0. The fourth-order valence-electron chi connectivity index (χ4n) is 2.01. The molecule has 1 saturated heterocycles. The van der Waals surface area contributed by atoms with Crippen LogP contribution < -0.4 is 4.90 Å². The Balaban J connectivity index is 2.08. The van der Waals surface area contributed by atoms with Gasteiger partial charge in [-0.2, -0.15) is 0 Å². The van der Waals surface area contributed by atoms with E-state index in [1.807, 2.05) is 4.90 Å². The van der Waals surface area contributed by atoms with Gasteiger partial charge in [-0.15, -0.1) is 0 Å². The molecule has 3 heteroatoms. The minimum absolute atomic E-state index is 0.830. The minimum atomic E-state index is 0.830. The van der Waals surface area contributed by atoms with Gasteiger partial charge >= 0.3 is 0 Å². The van der Waals surface area contributed by atoms with E-state index in [1.165, 1.54) is 16.8 Å². The van der Waals surface area contributed by atoms with E-state index in [-0.39, 0.29) is 0 Å². The number of nitrogens with zero attached hydrogens (tertiary/aromatic N) is 2. The zero-order valence-electron chi connectivity index (χ0n) is 9.94. The van der Waals surface area contributed by atoms with Crippen LogP contribution in [-0.2, 0) is 4.79 Å². The quantitative estimate of drug-likeness (QED) is 0.704. The van der Waals surface area contributed by atoms with Gasteiger partial charge in [0.05, 0.1) is 0 Å². The van der Waals surface area contributed by atoms with Crippen molar-refractivity contribution in [2.75, 3.05) is 31.1 Å². The van der Waals surface area contributed by atoms with Crippen LogP contribution in [0.5, 0.6) is 0 Å². The molecule has 0 radical (unpaired) electrons. The topological polar surface area (TPSA) is 23.6 Å². The number of amides is 1. The molecule has 1 fully saturated rings. The van der Waals surface area contributed by atoms with Gasteiger partial charge in [-0.1, -0.05) is 6.07 Å². The summed E-state index contributed by atoms with van der Waals surface area (Å²) in [5.74, 6) is 0. The predicted octanol–water partition coefficient (Wildman–Crippen LogP) is 1.58. The summed E-state index contributed by atoms with van der Waals surface area (Å²) < 4.78 is 0. The Bertz CT molecular complexity index is 382. The van der Waals surface area contributed by atoms with Crippen LogP contribution in [0.1, 0.15) is 11.1 Å². The Morgan fingerprint density at radius 1 is 1.06 bits per heavy atom. The predicted molar refractivity (Wildman–Crippen MR) is 65.8 cm³/mol. The van der Waals surface area contributed by atoms with E-state index in [1.54, 1.807) is 0 Å². The second kappa shape index (κ2) is 4.56. The van der Waals surface area contributed by atoms with E-state index >= 15 is 0 Å². The maximum Gasteiger partial charge on any atom is 0.209 e. The molecular weight excluding hydrogens is 200 g/mol. The maximum absolute atomic E-state index is 10.6. The van der Waals surface area contributed by atoms with Crippen molar-refractivity contribution in [2.24, 2.45) is 0 Å². The first-order valence-electron chi connectivity index (χ1n) is 5.72. The number of hydrogen-bond acceptors (Lipinski definition) is 2. The summed E-state index contributed by atoms with van der Waals surface area (Å²) in [5, 5.41) is 0. The standard InChI is InChI=1S/C13H18N2O/c1-11-3-4-13(9-12(11)2)15-7-5-14(10-16)6-8-15/h3-4,9-10H,5-8H2,1-2H3. The minimum Gasteiger partial charge on any atom is -0.368 e. The number of rotatable bonds is 2. The van der Waals surface area contributed by atoms with Gasteiger partial charge in [0.25, 0.3) is 0 Å². The van der Waals surface area contributed by atoms with Crippen LogP contribution in [0.3, 0.4) is 0 Å². The van der Waals surface area contributed by atoms with Crippen molar-refractivity contribution in [3.8, 4) is 0 Å². The van der Waals surface area contributed by atoms with Crippen LogP contribution in [-0.4, -0.2) is 37.5 Å². The van der Waals surface area contributed by atoms with Gasteiger partial charge < -0.3 is 9.80 Å². The number of aryl methyl sites for hydroxylation is 2. The molecule has 1 aliphatic rings. The summed E-state index contributed by atoms with van der Waals surface area (Å²) in [6, 6.07) is 6.56. The number of anilines is 1. The van der Waals surface area contributed by atoms with Crippen LogP contribution >= 0.6 is 0 Å². The summed E-state index contributed by atoms with van der Waals surface area (Å²) in [6.07, 6.45) is 0.942. The molecule has 0 atom stereocenters. The van der Waals surface area contributed by atoms with E-state index in [2.05, 4.69) is 36.9 Å². The highest BCUT2D eigenvalue weighted by Crippen LogP contribution is 2.19. The van der Waals surface area contributed by atoms with E-state index in [9.17, 15) is 4.79 Å². The maximum atomic E-state index is 10.6. The van der Waals surface area contributed by atoms with E-state index in [0.29, 0.717) is 0 Å². The molecule has 2 rings (SSSR count). The normalized spacial score (nSPS) is 16.4. The fourth-order valence-corrected chi connectivity index (χ4v) is 2.01. The van der Waals surface area contributed by atoms with Crippen molar-refractivity contribution in [1.29, 1.82) is 0 Å². The molecule has 0 N–H and O–H groups in total. The highest BCUT2D eigenvalue weighted by molar-refractivity contribution is 5.53. The third-order valence-corrected chi connectivity index (χ3v) is 3.32. The number of carbonyl (C=O) groups is 1. The second-order valence-electron chi connectivity index (χ2n) is 4.40. The number of piperazine rings is 1. The van der Waals surface area contributed by atoms with Gasteiger partial charge in [-0.25, -0.2) is 0 Å². The van der Waals surface area contributed by atoms with E-state index < -0.39 is 0 Å². The molecule has 1 aliphatic heterocycles. The van der Waals surface area contributed by atoms with Gasteiger partial charge in [-0.3, -0.25) is 4.79 Å². The molecular formula is C13H18N2O. The van der Waals surface area contributed by atoms with Crippen molar-refractivity contribution in [3.05, 3.63) is 29.3 Å². The third kappa shape index (κ3) is 2.18. The summed E-state index contributed by atoms with van der Waals surface area (Å²) in [5.41, 5.74) is 3.93. The first-order valence-corrected chi connectivity index (χ1v) is 5.72. The fraction of sp³-hybridized carbons (Fsp3) is 0.462. The lowest BCUT2D eigenvalue weighted by Gasteiger charge is -2.34.